The molecule has 0 fully saturated rings. The molecule has 0 saturated heterocycles. The summed E-state index contributed by atoms with van der Waals surface area (Å²) in [5.41, 5.74) is 0.750. The number of halogens is 2. The van der Waals surface area contributed by atoms with Crippen LogP contribution in [-0.2, 0) is 0 Å². The van der Waals surface area contributed by atoms with Crippen LogP contribution in [0.1, 0.15) is 16.5 Å². The van der Waals surface area contributed by atoms with Crippen LogP contribution in [0.5, 0.6) is 0 Å². The van der Waals surface area contributed by atoms with Gasteiger partial charge in [-0.25, -0.2) is 0 Å². The van der Waals surface area contributed by atoms with Gasteiger partial charge in [-0.2, -0.15) is 0 Å². The van der Waals surface area contributed by atoms with E-state index in [1.54, 1.807) is 12.3 Å². The third-order valence-corrected chi connectivity index (χ3v) is 4.14. The summed E-state index contributed by atoms with van der Waals surface area (Å²) in [6, 6.07) is 3.68. The van der Waals surface area contributed by atoms with E-state index in [2.05, 4.69) is 31.9 Å². The molecule has 0 radical (unpaired) electrons. The van der Waals surface area contributed by atoms with E-state index >= 15 is 0 Å². The Hall–Kier alpha value is -0.100. The molecule has 0 saturated carbocycles. The zero-order valence-electron chi connectivity index (χ0n) is 6.91. The Bertz CT molecular complexity index is 435. The number of aliphatic hydroxyl groups excluding tert-OH is 1. The van der Waals surface area contributed by atoms with Gasteiger partial charge in [0.25, 0.3) is 0 Å². The minimum absolute atomic E-state index is 0.624. The van der Waals surface area contributed by atoms with Gasteiger partial charge in [0.2, 0.25) is 0 Å². The van der Waals surface area contributed by atoms with Crippen molar-refractivity contribution in [1.29, 1.82) is 0 Å². The van der Waals surface area contributed by atoms with E-state index in [9.17, 15) is 5.11 Å². The van der Waals surface area contributed by atoms with Crippen LogP contribution in [0.2, 0.25) is 0 Å². The van der Waals surface area contributed by atoms with E-state index in [0.717, 1.165) is 14.9 Å². The Balaban J connectivity index is 2.33. The van der Waals surface area contributed by atoms with Gasteiger partial charge in [-0.05, 0) is 49.4 Å². The maximum Gasteiger partial charge on any atom is 0.169 e. The third-order valence-electron chi connectivity index (χ3n) is 1.80. The van der Waals surface area contributed by atoms with Crippen LogP contribution in [0.4, 0.5) is 0 Å². The highest BCUT2D eigenvalue weighted by Crippen LogP contribution is 2.34. The quantitative estimate of drug-likeness (QED) is 0.900. The van der Waals surface area contributed by atoms with E-state index < -0.39 is 6.10 Å². The number of hydrogen-bond donors (Lipinski definition) is 1. The van der Waals surface area contributed by atoms with Crippen molar-refractivity contribution in [2.75, 3.05) is 0 Å². The molecule has 2 heterocycles. The Morgan fingerprint density at radius 2 is 2.21 bits per heavy atom. The number of furan rings is 1. The molecule has 0 spiro atoms. The molecule has 0 amide bonds. The lowest BCUT2D eigenvalue weighted by Crippen LogP contribution is -1.95. The first-order chi connectivity index (χ1) is 6.68. The van der Waals surface area contributed by atoms with Crippen LogP contribution in [0, 0.1) is 0 Å². The molecule has 5 heteroatoms. The molecule has 2 aromatic heterocycles. The number of aliphatic hydroxyl groups is 1. The minimum atomic E-state index is -0.626. The average Bonchev–Trinajstić information content (AvgIpc) is 2.73. The summed E-state index contributed by atoms with van der Waals surface area (Å²) in [6.45, 7) is 0. The van der Waals surface area contributed by atoms with Gasteiger partial charge in [0, 0.05) is 10.0 Å². The van der Waals surface area contributed by atoms with E-state index in [4.69, 9.17) is 4.42 Å². The van der Waals surface area contributed by atoms with Crippen LogP contribution in [0.15, 0.2) is 37.3 Å². The predicted molar refractivity (Wildman–Crippen MR) is 62.5 cm³/mol. The topological polar surface area (TPSA) is 33.4 Å². The molecule has 1 atom stereocenters. The SMILES string of the molecule is OC(c1coc(Br)c1)c1sccc1Br. The largest absolute Gasteiger partial charge is 0.457 e. The maximum atomic E-state index is 9.97. The van der Waals surface area contributed by atoms with Crippen molar-refractivity contribution in [2.45, 2.75) is 6.10 Å². The van der Waals surface area contributed by atoms with Crippen LogP contribution in [-0.4, -0.2) is 5.11 Å². The van der Waals surface area contributed by atoms with Gasteiger partial charge < -0.3 is 9.52 Å². The molecule has 1 N–H and O–H groups in total. The highest BCUT2D eigenvalue weighted by Gasteiger charge is 2.16. The fraction of sp³-hybridized carbons (Fsp3) is 0.111. The van der Waals surface area contributed by atoms with Gasteiger partial charge in [-0.15, -0.1) is 11.3 Å². The summed E-state index contributed by atoms with van der Waals surface area (Å²) in [5.74, 6) is 0. The highest BCUT2D eigenvalue weighted by molar-refractivity contribution is 9.10. The molecule has 74 valence electrons. The summed E-state index contributed by atoms with van der Waals surface area (Å²) in [6.07, 6.45) is 0.917. The fourth-order valence-electron chi connectivity index (χ4n) is 1.12. The second kappa shape index (κ2) is 4.18. The Morgan fingerprint density at radius 1 is 1.43 bits per heavy atom. The van der Waals surface area contributed by atoms with Crippen LogP contribution in [0.25, 0.3) is 0 Å². The number of thiophene rings is 1. The van der Waals surface area contributed by atoms with Crippen LogP contribution >= 0.6 is 43.2 Å². The molecule has 2 nitrogen and oxygen atoms in total. The normalized spacial score (nSPS) is 13.1. The zero-order chi connectivity index (χ0) is 10.1. The van der Waals surface area contributed by atoms with E-state index in [-0.39, 0.29) is 0 Å². The first kappa shape index (κ1) is 10.4. The summed E-state index contributed by atoms with van der Waals surface area (Å²) in [4.78, 5) is 0.887. The monoisotopic (exact) mass is 336 g/mol. The lowest BCUT2D eigenvalue weighted by Gasteiger charge is -2.05. The molecule has 14 heavy (non-hydrogen) atoms. The van der Waals surface area contributed by atoms with Gasteiger partial charge in [-0.1, -0.05) is 0 Å². The van der Waals surface area contributed by atoms with Gasteiger partial charge in [0.1, 0.15) is 6.10 Å². The van der Waals surface area contributed by atoms with Crippen molar-refractivity contribution in [3.8, 4) is 0 Å². The Kier molecular flexibility index (Phi) is 3.11. The fourth-order valence-corrected chi connectivity index (χ4v) is 3.08. The molecule has 2 rings (SSSR count). The van der Waals surface area contributed by atoms with Crippen molar-refractivity contribution >= 4 is 43.2 Å². The van der Waals surface area contributed by atoms with Gasteiger partial charge in [0.05, 0.1) is 11.1 Å². The molecule has 1 unspecified atom stereocenters. The number of rotatable bonds is 2. The van der Waals surface area contributed by atoms with Gasteiger partial charge >= 0.3 is 0 Å². The second-order valence-corrected chi connectivity index (χ2v) is 5.30. The Labute approximate surface area is 102 Å². The predicted octanol–water partition coefficient (Wildman–Crippen LogP) is 3.95. The van der Waals surface area contributed by atoms with Crippen LogP contribution < -0.4 is 0 Å². The van der Waals surface area contributed by atoms with Crippen molar-refractivity contribution in [1.82, 2.24) is 0 Å². The lowest BCUT2D eigenvalue weighted by molar-refractivity contribution is 0.222. The van der Waals surface area contributed by atoms with E-state index in [0.29, 0.717) is 4.67 Å². The molecule has 0 aliphatic carbocycles. The molecule has 0 aromatic carbocycles. The molecule has 0 aliphatic heterocycles. The van der Waals surface area contributed by atoms with Crippen molar-refractivity contribution in [3.05, 3.63) is 43.4 Å². The van der Waals surface area contributed by atoms with Crippen LogP contribution in [0.3, 0.4) is 0 Å². The smallest absolute Gasteiger partial charge is 0.169 e. The molecule has 0 aliphatic rings. The average molecular weight is 338 g/mol. The van der Waals surface area contributed by atoms with Crippen molar-refractivity contribution in [3.63, 3.8) is 0 Å². The summed E-state index contributed by atoms with van der Waals surface area (Å²) >= 11 is 8.08. The summed E-state index contributed by atoms with van der Waals surface area (Å²) in [5, 5.41) is 11.9. The molecular formula is C9H6Br2O2S. The molecule has 2 aromatic rings. The Morgan fingerprint density at radius 3 is 2.71 bits per heavy atom. The van der Waals surface area contributed by atoms with Crippen molar-refractivity contribution < 1.29 is 9.52 Å². The lowest BCUT2D eigenvalue weighted by atomic mass is 10.2. The standard InChI is InChI=1S/C9H6Br2O2S/c10-6-1-2-14-9(6)8(12)5-3-7(11)13-4-5/h1-4,8,12H. The third kappa shape index (κ3) is 1.95. The van der Waals surface area contributed by atoms with E-state index in [1.165, 1.54) is 11.3 Å². The highest BCUT2D eigenvalue weighted by atomic mass is 79.9. The number of hydrogen-bond acceptors (Lipinski definition) is 3. The molecule has 0 bridgehead atoms. The maximum absolute atomic E-state index is 9.97. The van der Waals surface area contributed by atoms with Gasteiger partial charge in [-0.3, -0.25) is 0 Å². The summed E-state index contributed by atoms with van der Waals surface area (Å²) in [7, 11) is 0. The van der Waals surface area contributed by atoms with E-state index in [1.807, 2.05) is 11.4 Å². The van der Waals surface area contributed by atoms with Gasteiger partial charge in [0.15, 0.2) is 4.67 Å². The zero-order valence-corrected chi connectivity index (χ0v) is 10.9. The minimum Gasteiger partial charge on any atom is -0.457 e. The van der Waals surface area contributed by atoms with Crippen molar-refractivity contribution in [2.24, 2.45) is 0 Å². The second-order valence-electron chi connectivity index (χ2n) is 2.72. The first-order valence-corrected chi connectivity index (χ1v) is 6.30. The first-order valence-electron chi connectivity index (χ1n) is 3.83. The summed E-state index contributed by atoms with van der Waals surface area (Å²) < 4.78 is 6.62. The molecular weight excluding hydrogens is 332 g/mol.